The standard InChI is InChI=1S/C26H26F3N5O4S/c1-37-20-4-3-18(21(14-20)26(27,28)29)16-34-22-5-2-17(12-19(22)15-31-34)13-23-24(35)32-25(39(23)36)30-6-7-33-8-10-38-11-9-33/h2-5,12-15H,6-11,16H2,1H3,(H,30,32,35). The summed E-state index contributed by atoms with van der Waals surface area (Å²) in [5.74, 6) is -0.360. The summed E-state index contributed by atoms with van der Waals surface area (Å²) in [4.78, 5) is 19.1. The number of hydrogen-bond acceptors (Lipinski definition) is 7. The lowest BCUT2D eigenvalue weighted by atomic mass is 10.1. The smallest absolute Gasteiger partial charge is 0.416 e. The largest absolute Gasteiger partial charge is 0.497 e. The minimum atomic E-state index is -4.55. The topological polar surface area (TPSA) is 98.1 Å². The highest BCUT2D eigenvalue weighted by molar-refractivity contribution is 8.05. The lowest BCUT2D eigenvalue weighted by molar-refractivity contribution is -0.138. The molecule has 3 aromatic rings. The first-order valence-corrected chi connectivity index (χ1v) is 13.4. The van der Waals surface area contributed by atoms with Crippen molar-refractivity contribution < 1.29 is 31.6 Å². The Morgan fingerprint density at radius 1 is 1.21 bits per heavy atom. The number of nitrogens with one attached hydrogen (secondary N) is 1. The summed E-state index contributed by atoms with van der Waals surface area (Å²) in [5.41, 5.74) is 0.487. The van der Waals surface area contributed by atoms with Gasteiger partial charge in [0.25, 0.3) is 5.91 Å². The Kier molecular flexibility index (Phi) is 7.82. The second-order valence-corrected chi connectivity index (χ2v) is 10.4. The number of carbonyl (C=O) groups is 1. The lowest BCUT2D eigenvalue weighted by Crippen LogP contribution is -2.38. The molecule has 0 bridgehead atoms. The Bertz CT molecular complexity index is 1480. The van der Waals surface area contributed by atoms with Crippen molar-refractivity contribution in [3.63, 3.8) is 0 Å². The molecule has 3 heterocycles. The third-order valence-corrected chi connectivity index (χ3v) is 7.79. The molecule has 13 heteroatoms. The molecule has 2 fully saturated rings. The van der Waals surface area contributed by atoms with E-state index in [1.807, 2.05) is 0 Å². The number of aromatic nitrogens is 2. The molecule has 9 nitrogen and oxygen atoms in total. The first kappa shape index (κ1) is 27.0. The van der Waals surface area contributed by atoms with Crippen molar-refractivity contribution in [3.8, 4) is 5.75 Å². The Morgan fingerprint density at radius 3 is 2.74 bits per heavy atom. The van der Waals surface area contributed by atoms with Gasteiger partial charge in [-0.25, -0.2) is 4.21 Å². The number of amidine groups is 1. The molecule has 1 amide bonds. The predicted octanol–water partition coefficient (Wildman–Crippen LogP) is 3.02. The maximum absolute atomic E-state index is 13.6. The number of amides is 1. The van der Waals surface area contributed by atoms with Crippen LogP contribution in [-0.2, 0) is 33.1 Å². The van der Waals surface area contributed by atoms with E-state index in [1.54, 1.807) is 24.4 Å². The summed E-state index contributed by atoms with van der Waals surface area (Å²) >= 11 is 0. The van der Waals surface area contributed by atoms with Gasteiger partial charge in [-0.15, -0.1) is 0 Å². The molecule has 0 saturated carbocycles. The Morgan fingerprint density at radius 2 is 2.00 bits per heavy atom. The number of aliphatic imine (C=N–C) groups is 1. The van der Waals surface area contributed by atoms with Crippen molar-refractivity contribution in [3.05, 3.63) is 64.2 Å². The van der Waals surface area contributed by atoms with Crippen LogP contribution in [0.15, 0.2) is 52.5 Å². The average molecular weight is 562 g/mol. The highest BCUT2D eigenvalue weighted by atomic mass is 32.2. The minimum Gasteiger partial charge on any atom is -0.497 e. The van der Waals surface area contributed by atoms with E-state index in [9.17, 15) is 22.2 Å². The lowest BCUT2D eigenvalue weighted by Gasteiger charge is -2.25. The average Bonchev–Trinajstić information content (AvgIpc) is 3.44. The molecule has 2 saturated heterocycles. The molecule has 39 heavy (non-hydrogen) atoms. The van der Waals surface area contributed by atoms with Crippen molar-refractivity contribution in [1.82, 2.24) is 20.0 Å². The zero-order chi connectivity index (χ0) is 27.6. The van der Waals surface area contributed by atoms with Crippen LogP contribution in [0.1, 0.15) is 16.7 Å². The van der Waals surface area contributed by atoms with Crippen LogP contribution in [0.5, 0.6) is 5.75 Å². The van der Waals surface area contributed by atoms with E-state index in [0.717, 1.165) is 19.2 Å². The molecular weight excluding hydrogens is 535 g/mol. The molecule has 0 radical (unpaired) electrons. The van der Waals surface area contributed by atoms with E-state index in [4.69, 9.17) is 9.47 Å². The predicted molar refractivity (Wildman–Crippen MR) is 141 cm³/mol. The van der Waals surface area contributed by atoms with Crippen LogP contribution in [0.25, 0.3) is 17.0 Å². The number of alkyl halides is 3. The number of fused-ring (bicyclic) bond motifs is 1. The highest BCUT2D eigenvalue weighted by Gasteiger charge is 2.34. The second-order valence-electron chi connectivity index (χ2n) is 9.01. The van der Waals surface area contributed by atoms with Gasteiger partial charge in [-0.3, -0.25) is 24.7 Å². The van der Waals surface area contributed by atoms with Gasteiger partial charge in [-0.05, 0) is 41.5 Å². The Hall–Kier alpha value is -3.55. The van der Waals surface area contributed by atoms with Gasteiger partial charge in [0, 0.05) is 25.0 Å². The fourth-order valence-corrected chi connectivity index (χ4v) is 5.51. The van der Waals surface area contributed by atoms with Crippen molar-refractivity contribution in [2.75, 3.05) is 46.5 Å². The van der Waals surface area contributed by atoms with E-state index in [0.29, 0.717) is 42.8 Å². The van der Waals surface area contributed by atoms with Gasteiger partial charge in [0.1, 0.15) is 21.5 Å². The number of halogens is 3. The van der Waals surface area contributed by atoms with E-state index in [-0.39, 0.29) is 27.9 Å². The Labute approximate surface area is 224 Å². The summed E-state index contributed by atoms with van der Waals surface area (Å²) in [7, 11) is -0.421. The van der Waals surface area contributed by atoms with Gasteiger partial charge in [0.2, 0.25) is 0 Å². The molecule has 1 unspecified atom stereocenters. The normalized spacial score (nSPS) is 20.7. The SMILES string of the molecule is COc1ccc(Cn2ncc3cc(C=C4C(=O)NC(=NCCN5CCOCC5)S4=O)ccc32)c(C(F)(F)F)c1. The van der Waals surface area contributed by atoms with Gasteiger partial charge >= 0.3 is 6.18 Å². The summed E-state index contributed by atoms with van der Waals surface area (Å²) in [6, 6.07) is 8.97. The molecule has 2 aliphatic heterocycles. The van der Waals surface area contributed by atoms with Crippen molar-refractivity contribution in [2.45, 2.75) is 12.7 Å². The van der Waals surface area contributed by atoms with Crippen LogP contribution >= 0.6 is 0 Å². The van der Waals surface area contributed by atoms with Crippen LogP contribution < -0.4 is 10.1 Å². The van der Waals surface area contributed by atoms with Crippen molar-refractivity contribution in [1.29, 1.82) is 0 Å². The molecule has 1 N–H and O–H groups in total. The van der Waals surface area contributed by atoms with Crippen LogP contribution in [-0.4, -0.2) is 76.5 Å². The highest BCUT2D eigenvalue weighted by Crippen LogP contribution is 2.35. The number of methoxy groups -OCH3 is 1. The number of morpholine rings is 1. The number of carbonyl (C=O) groups excluding carboxylic acids is 1. The molecule has 5 rings (SSSR count). The van der Waals surface area contributed by atoms with E-state index >= 15 is 0 Å². The quantitative estimate of drug-likeness (QED) is 0.446. The molecule has 2 aliphatic rings. The van der Waals surface area contributed by atoms with Gasteiger partial charge in [0.15, 0.2) is 5.17 Å². The number of hydrogen-bond donors (Lipinski definition) is 1. The molecule has 0 spiro atoms. The molecule has 1 aromatic heterocycles. The third kappa shape index (κ3) is 6.05. The zero-order valence-electron chi connectivity index (χ0n) is 21.0. The number of benzene rings is 2. The van der Waals surface area contributed by atoms with Crippen molar-refractivity contribution >= 4 is 38.9 Å². The molecule has 2 aromatic carbocycles. The fraction of sp³-hybridized carbons (Fsp3) is 0.346. The van der Waals surface area contributed by atoms with Gasteiger partial charge in [-0.1, -0.05) is 12.1 Å². The molecule has 0 aliphatic carbocycles. The number of rotatable bonds is 7. The minimum absolute atomic E-state index is 0.0537. The zero-order valence-corrected chi connectivity index (χ0v) is 21.8. The van der Waals surface area contributed by atoms with Crippen LogP contribution in [0, 0.1) is 0 Å². The first-order valence-electron chi connectivity index (χ1n) is 12.2. The fourth-order valence-electron chi connectivity index (χ4n) is 4.45. The first-order chi connectivity index (χ1) is 18.7. The van der Waals surface area contributed by atoms with Gasteiger partial charge < -0.3 is 9.47 Å². The second kappa shape index (κ2) is 11.3. The maximum atomic E-state index is 13.6. The molecule has 206 valence electrons. The summed E-state index contributed by atoms with van der Waals surface area (Å²) in [5, 5.41) is 7.65. The monoisotopic (exact) mass is 561 g/mol. The van der Waals surface area contributed by atoms with Gasteiger partial charge in [-0.2, -0.15) is 18.3 Å². The summed E-state index contributed by atoms with van der Waals surface area (Å²) in [6.07, 6.45) is -1.48. The Balaban J connectivity index is 1.33. The molecular formula is C26H26F3N5O4S. The van der Waals surface area contributed by atoms with Crippen LogP contribution in [0.4, 0.5) is 13.2 Å². The maximum Gasteiger partial charge on any atom is 0.416 e. The summed E-state index contributed by atoms with van der Waals surface area (Å²) in [6.45, 7) is 3.96. The van der Waals surface area contributed by atoms with Crippen LogP contribution in [0.2, 0.25) is 0 Å². The van der Waals surface area contributed by atoms with E-state index in [1.165, 1.54) is 30.0 Å². The molecule has 1 atom stereocenters. The van der Waals surface area contributed by atoms with E-state index < -0.39 is 28.4 Å². The van der Waals surface area contributed by atoms with Crippen LogP contribution in [0.3, 0.4) is 0 Å². The number of nitrogens with zero attached hydrogens (tertiary/aromatic N) is 4. The van der Waals surface area contributed by atoms with Crippen molar-refractivity contribution in [2.24, 2.45) is 4.99 Å². The summed E-state index contributed by atoms with van der Waals surface area (Å²) < 4.78 is 65.6. The number of ether oxygens (including phenoxy) is 2. The van der Waals surface area contributed by atoms with E-state index in [2.05, 4.69) is 20.3 Å². The van der Waals surface area contributed by atoms with Gasteiger partial charge in [0.05, 0.1) is 50.7 Å². The third-order valence-electron chi connectivity index (χ3n) is 6.50.